The van der Waals surface area contributed by atoms with Gasteiger partial charge < -0.3 is 14.6 Å². The summed E-state index contributed by atoms with van der Waals surface area (Å²) in [6, 6.07) is 12.9. The number of anilines is 1. The van der Waals surface area contributed by atoms with Crippen LogP contribution in [0.5, 0.6) is 0 Å². The van der Waals surface area contributed by atoms with Crippen molar-refractivity contribution in [1.82, 2.24) is 14.9 Å². The number of carbonyl (C=O) groups excluding carboxylic acids is 1. The smallest absolute Gasteiger partial charge is 0.407 e. The third-order valence-corrected chi connectivity index (χ3v) is 7.64. The fourth-order valence-electron chi connectivity index (χ4n) is 3.86. The predicted octanol–water partition coefficient (Wildman–Crippen LogP) is 3.86. The van der Waals surface area contributed by atoms with E-state index in [1.165, 1.54) is 16.4 Å². The molecular formula is C23H25ClN4O4S. The third-order valence-electron chi connectivity index (χ3n) is 5.51. The fraction of sp³-hybridized carbons (Fsp3) is 0.304. The van der Waals surface area contributed by atoms with Crippen LogP contribution in [0.1, 0.15) is 18.4 Å². The first-order valence-corrected chi connectivity index (χ1v) is 12.5. The number of sulfonamides is 1. The van der Waals surface area contributed by atoms with Crippen LogP contribution in [0, 0.1) is 0 Å². The fourth-order valence-corrected chi connectivity index (χ4v) is 5.69. The minimum Gasteiger partial charge on any atom is -0.447 e. The van der Waals surface area contributed by atoms with Gasteiger partial charge in [-0.25, -0.2) is 18.2 Å². The highest BCUT2D eigenvalue weighted by molar-refractivity contribution is 7.92. The number of hydrogen-bond acceptors (Lipinski definition) is 5. The molecule has 1 unspecified atom stereocenters. The lowest BCUT2D eigenvalue weighted by molar-refractivity contribution is 0.137. The van der Waals surface area contributed by atoms with Gasteiger partial charge >= 0.3 is 6.09 Å². The van der Waals surface area contributed by atoms with E-state index < -0.39 is 22.2 Å². The number of amides is 1. The van der Waals surface area contributed by atoms with Crippen LogP contribution in [0.3, 0.4) is 0 Å². The van der Waals surface area contributed by atoms with Crippen molar-refractivity contribution in [2.24, 2.45) is 0 Å². The Labute approximate surface area is 198 Å². The van der Waals surface area contributed by atoms with Gasteiger partial charge in [0.25, 0.3) is 10.0 Å². The highest BCUT2D eigenvalue weighted by Gasteiger charge is 2.36. The number of ether oxygens (including phenoxy) is 1. The van der Waals surface area contributed by atoms with Gasteiger partial charge in [-0.3, -0.25) is 4.31 Å². The van der Waals surface area contributed by atoms with E-state index in [2.05, 4.69) is 10.3 Å². The maximum Gasteiger partial charge on any atom is 0.407 e. The molecule has 174 valence electrons. The van der Waals surface area contributed by atoms with Crippen molar-refractivity contribution < 1.29 is 17.9 Å². The zero-order valence-corrected chi connectivity index (χ0v) is 19.5. The largest absolute Gasteiger partial charge is 0.447 e. The number of nitrogens with zero attached hydrogens (tertiary/aromatic N) is 3. The quantitative estimate of drug-likeness (QED) is 0.486. The number of rotatable bonds is 8. The summed E-state index contributed by atoms with van der Waals surface area (Å²) >= 11 is 5.95. The maximum absolute atomic E-state index is 13.6. The standard InChI is InChI=1S/C23H25ClN4O4S/c24-19-7-10-21(11-8-19)33(30,31)28-20(9-6-18-4-1-2-5-22(18)28)16-32-23(29)26-12-3-14-27-15-13-25-17-27/h1-2,4-5,7-8,10-11,13,15,17,20H,3,6,9,12,14,16H2,(H,26,29). The molecule has 1 atom stereocenters. The molecule has 4 rings (SSSR count). The van der Waals surface area contributed by atoms with Crippen molar-refractivity contribution in [3.05, 3.63) is 77.8 Å². The van der Waals surface area contributed by atoms with E-state index in [1.54, 1.807) is 36.8 Å². The Kier molecular flexibility index (Phi) is 7.20. The van der Waals surface area contributed by atoms with Crippen molar-refractivity contribution in [3.8, 4) is 0 Å². The molecule has 33 heavy (non-hydrogen) atoms. The first-order chi connectivity index (χ1) is 15.9. The van der Waals surface area contributed by atoms with Crippen molar-refractivity contribution in [2.45, 2.75) is 36.7 Å². The molecule has 3 aromatic rings. The average molecular weight is 489 g/mol. The molecule has 1 amide bonds. The highest BCUT2D eigenvalue weighted by Crippen LogP contribution is 2.35. The number of halogens is 1. The number of nitrogens with one attached hydrogen (secondary N) is 1. The van der Waals surface area contributed by atoms with Gasteiger partial charge in [0.1, 0.15) is 6.61 Å². The maximum atomic E-state index is 13.6. The van der Waals surface area contributed by atoms with Crippen LogP contribution < -0.4 is 9.62 Å². The predicted molar refractivity (Wildman–Crippen MR) is 126 cm³/mol. The lowest BCUT2D eigenvalue weighted by atomic mass is 9.98. The summed E-state index contributed by atoms with van der Waals surface area (Å²) in [4.78, 5) is 16.3. The summed E-state index contributed by atoms with van der Waals surface area (Å²) < 4.78 is 35.8. The van der Waals surface area contributed by atoms with E-state index in [0.717, 1.165) is 18.5 Å². The lowest BCUT2D eigenvalue weighted by Crippen LogP contribution is -2.47. The molecule has 0 saturated heterocycles. The van der Waals surface area contributed by atoms with Crippen LogP contribution in [-0.4, -0.2) is 43.3 Å². The number of hydrogen-bond donors (Lipinski definition) is 1. The Hall–Kier alpha value is -3.04. The van der Waals surface area contributed by atoms with Crippen LogP contribution in [0.2, 0.25) is 5.02 Å². The molecule has 1 aromatic heterocycles. The molecule has 0 aliphatic carbocycles. The van der Waals surface area contributed by atoms with Crippen molar-refractivity contribution >= 4 is 33.4 Å². The van der Waals surface area contributed by atoms with Gasteiger partial charge in [0.05, 0.1) is 23.0 Å². The number of carbonyl (C=O) groups is 1. The first kappa shape index (κ1) is 23.1. The second-order valence-corrected chi connectivity index (χ2v) is 10.0. The molecule has 10 heteroatoms. The van der Waals surface area contributed by atoms with Gasteiger partial charge in [-0.2, -0.15) is 0 Å². The molecule has 0 radical (unpaired) electrons. The van der Waals surface area contributed by atoms with Crippen LogP contribution in [-0.2, 0) is 27.7 Å². The molecule has 0 saturated carbocycles. The van der Waals surface area contributed by atoms with E-state index in [0.29, 0.717) is 30.1 Å². The Morgan fingerprint density at radius 3 is 2.73 bits per heavy atom. The normalized spacial score (nSPS) is 15.7. The monoisotopic (exact) mass is 488 g/mol. The van der Waals surface area contributed by atoms with Gasteiger partial charge in [-0.15, -0.1) is 0 Å². The summed E-state index contributed by atoms with van der Waals surface area (Å²) in [6.07, 6.45) is 6.67. The van der Waals surface area contributed by atoms with E-state index in [-0.39, 0.29) is 11.5 Å². The molecule has 0 spiro atoms. The molecule has 1 aliphatic rings. The Balaban J connectivity index is 1.44. The van der Waals surface area contributed by atoms with Crippen molar-refractivity contribution in [1.29, 1.82) is 0 Å². The first-order valence-electron chi connectivity index (χ1n) is 10.7. The van der Waals surface area contributed by atoms with Crippen LogP contribution in [0.15, 0.2) is 72.1 Å². The van der Waals surface area contributed by atoms with Crippen molar-refractivity contribution in [3.63, 3.8) is 0 Å². The van der Waals surface area contributed by atoms with Gasteiger partial charge in [-0.05, 0) is 55.2 Å². The molecule has 8 nitrogen and oxygen atoms in total. The van der Waals surface area contributed by atoms with E-state index in [9.17, 15) is 13.2 Å². The van der Waals surface area contributed by atoms with Crippen molar-refractivity contribution in [2.75, 3.05) is 17.5 Å². The number of imidazole rings is 1. The number of fused-ring (bicyclic) bond motifs is 1. The molecule has 1 N–H and O–H groups in total. The zero-order chi connectivity index (χ0) is 23.3. The number of aromatic nitrogens is 2. The molecule has 0 fully saturated rings. The SMILES string of the molecule is O=C(NCCCn1ccnc1)OCC1CCc2ccccc2N1S(=O)(=O)c1ccc(Cl)cc1. The summed E-state index contributed by atoms with van der Waals surface area (Å²) in [6.45, 7) is 1.12. The van der Waals surface area contributed by atoms with E-state index in [1.807, 2.05) is 22.9 Å². The van der Waals surface area contributed by atoms with Gasteiger partial charge in [0.15, 0.2) is 0 Å². The summed E-state index contributed by atoms with van der Waals surface area (Å²) in [7, 11) is -3.88. The molecule has 1 aliphatic heterocycles. The molecule has 0 bridgehead atoms. The molecule has 2 aromatic carbocycles. The number of alkyl carbamates (subject to hydrolysis) is 1. The third kappa shape index (κ3) is 5.48. The van der Waals surface area contributed by atoms with E-state index in [4.69, 9.17) is 16.3 Å². The molecule has 2 heterocycles. The minimum atomic E-state index is -3.88. The van der Waals surface area contributed by atoms with Gasteiger partial charge in [-0.1, -0.05) is 29.8 Å². The van der Waals surface area contributed by atoms with Crippen LogP contribution >= 0.6 is 11.6 Å². The second kappa shape index (κ2) is 10.3. The summed E-state index contributed by atoms with van der Waals surface area (Å²) in [5, 5.41) is 3.17. The van der Waals surface area contributed by atoms with Gasteiger partial charge in [0.2, 0.25) is 0 Å². The second-order valence-electron chi connectivity index (χ2n) is 7.76. The number of aryl methyl sites for hydroxylation is 2. The molecular weight excluding hydrogens is 464 g/mol. The van der Waals surface area contributed by atoms with Crippen LogP contribution in [0.25, 0.3) is 0 Å². The lowest BCUT2D eigenvalue weighted by Gasteiger charge is -2.37. The zero-order valence-electron chi connectivity index (χ0n) is 17.9. The highest BCUT2D eigenvalue weighted by atomic mass is 35.5. The Morgan fingerprint density at radius 1 is 1.18 bits per heavy atom. The van der Waals surface area contributed by atoms with Crippen LogP contribution in [0.4, 0.5) is 10.5 Å². The Bertz CT molecular complexity index is 1180. The summed E-state index contributed by atoms with van der Waals surface area (Å²) in [5.41, 5.74) is 1.54. The number of benzene rings is 2. The average Bonchev–Trinajstić information content (AvgIpc) is 3.34. The van der Waals surface area contributed by atoms with Gasteiger partial charge in [0, 0.05) is 30.5 Å². The van der Waals surface area contributed by atoms with E-state index >= 15 is 0 Å². The minimum absolute atomic E-state index is 0.0471. The topological polar surface area (TPSA) is 93.5 Å². The Morgan fingerprint density at radius 2 is 1.97 bits per heavy atom. The number of para-hydroxylation sites is 1. The summed E-state index contributed by atoms with van der Waals surface area (Å²) in [5.74, 6) is 0.